The average Bonchev–Trinajstić information content (AvgIpc) is 2.93. The second-order valence-corrected chi connectivity index (χ2v) is 4.09. The average molecular weight is 214 g/mol. The number of aliphatic imine (C=N–C) groups is 1. The van der Waals surface area contributed by atoms with Crippen LogP contribution in [0.3, 0.4) is 0 Å². The van der Waals surface area contributed by atoms with Crippen molar-refractivity contribution in [3.05, 3.63) is 24.0 Å². The Hall–Kier alpha value is -1.84. The zero-order valence-electron chi connectivity index (χ0n) is 9.25. The summed E-state index contributed by atoms with van der Waals surface area (Å²) < 4.78 is 0. The molecular weight excluding hydrogens is 200 g/mol. The highest BCUT2D eigenvalue weighted by Crippen LogP contribution is 2.23. The zero-order valence-corrected chi connectivity index (χ0v) is 9.25. The van der Waals surface area contributed by atoms with Crippen molar-refractivity contribution in [2.24, 2.45) is 4.99 Å². The van der Waals surface area contributed by atoms with Gasteiger partial charge in [0, 0.05) is 24.2 Å². The Morgan fingerprint density at radius 1 is 1.38 bits per heavy atom. The topological polar surface area (TPSA) is 53.1 Å². The normalized spacial score (nSPS) is 15.4. The molecule has 2 aromatic rings. The number of hydrogen-bond donors (Lipinski definition) is 2. The van der Waals surface area contributed by atoms with Crippen molar-refractivity contribution in [3.8, 4) is 0 Å². The summed E-state index contributed by atoms with van der Waals surface area (Å²) in [5, 5.41) is 3.39. The summed E-state index contributed by atoms with van der Waals surface area (Å²) in [6.45, 7) is 3.03. The molecule has 0 atom stereocenters. The summed E-state index contributed by atoms with van der Waals surface area (Å²) in [6.07, 6.45) is 3.94. The van der Waals surface area contributed by atoms with Crippen LogP contribution in [-0.4, -0.2) is 22.3 Å². The minimum absolute atomic E-state index is 0.950. The van der Waals surface area contributed by atoms with E-state index in [4.69, 9.17) is 0 Å². The number of H-pyrrole nitrogens is 1. The maximum atomic E-state index is 4.42. The number of aryl methyl sites for hydroxylation is 1. The lowest BCUT2D eigenvalue weighted by atomic mass is 10.1. The van der Waals surface area contributed by atoms with E-state index in [9.17, 15) is 0 Å². The number of rotatable bonds is 1. The standard InChI is InChI=1S/C12H14N4/c1-8-9(16-11-3-2-6-13-11)4-5-10-12(8)15-7-14-10/h4-5,7H,2-3,6H2,1H3,(H,13,16)(H,14,15). The van der Waals surface area contributed by atoms with Gasteiger partial charge in [0.15, 0.2) is 0 Å². The monoisotopic (exact) mass is 214 g/mol. The Morgan fingerprint density at radius 3 is 3.12 bits per heavy atom. The molecule has 0 bridgehead atoms. The van der Waals surface area contributed by atoms with Crippen molar-refractivity contribution < 1.29 is 0 Å². The SMILES string of the molecule is Cc1c(NC2=NCCC2)ccc2[nH]cnc12. The molecule has 0 radical (unpaired) electrons. The van der Waals surface area contributed by atoms with E-state index in [0.29, 0.717) is 0 Å². The predicted molar refractivity (Wildman–Crippen MR) is 66.0 cm³/mol. The summed E-state index contributed by atoms with van der Waals surface area (Å²) in [5.41, 5.74) is 4.40. The van der Waals surface area contributed by atoms with Gasteiger partial charge in [0.2, 0.25) is 0 Å². The third-order valence-corrected chi connectivity index (χ3v) is 3.00. The van der Waals surface area contributed by atoms with Crippen LogP contribution in [0.4, 0.5) is 5.69 Å². The molecule has 1 aliphatic rings. The molecular formula is C12H14N4. The Balaban J connectivity index is 1.99. The van der Waals surface area contributed by atoms with Crippen LogP contribution in [-0.2, 0) is 0 Å². The van der Waals surface area contributed by atoms with E-state index >= 15 is 0 Å². The summed E-state index contributed by atoms with van der Waals surface area (Å²) in [4.78, 5) is 11.8. The minimum Gasteiger partial charge on any atom is -0.345 e. The van der Waals surface area contributed by atoms with Crippen LogP contribution in [0.5, 0.6) is 0 Å². The molecule has 82 valence electrons. The van der Waals surface area contributed by atoms with Gasteiger partial charge in [0.05, 0.1) is 17.4 Å². The van der Waals surface area contributed by atoms with Gasteiger partial charge in [-0.1, -0.05) is 0 Å². The number of anilines is 1. The Labute approximate surface area is 93.8 Å². The summed E-state index contributed by atoms with van der Waals surface area (Å²) in [7, 11) is 0. The fourth-order valence-electron chi connectivity index (χ4n) is 2.08. The van der Waals surface area contributed by atoms with Gasteiger partial charge in [-0.25, -0.2) is 4.98 Å². The number of nitrogens with one attached hydrogen (secondary N) is 2. The largest absolute Gasteiger partial charge is 0.345 e. The second kappa shape index (κ2) is 3.63. The van der Waals surface area contributed by atoms with Gasteiger partial charge in [-0.2, -0.15) is 0 Å². The maximum Gasteiger partial charge on any atom is 0.101 e. The number of fused-ring (bicyclic) bond motifs is 1. The third kappa shape index (κ3) is 1.46. The number of aromatic nitrogens is 2. The van der Waals surface area contributed by atoms with Crippen molar-refractivity contribution in [1.29, 1.82) is 0 Å². The van der Waals surface area contributed by atoms with Gasteiger partial charge < -0.3 is 10.3 Å². The molecule has 1 aliphatic heterocycles. The third-order valence-electron chi connectivity index (χ3n) is 3.00. The Bertz CT molecular complexity index is 553. The minimum atomic E-state index is 0.950. The van der Waals surface area contributed by atoms with E-state index < -0.39 is 0 Å². The van der Waals surface area contributed by atoms with Crippen LogP contribution in [0.15, 0.2) is 23.5 Å². The van der Waals surface area contributed by atoms with Gasteiger partial charge >= 0.3 is 0 Å². The van der Waals surface area contributed by atoms with E-state index in [1.54, 1.807) is 6.33 Å². The summed E-state index contributed by atoms with van der Waals surface area (Å²) in [6, 6.07) is 4.13. The molecule has 1 aromatic carbocycles. The van der Waals surface area contributed by atoms with Crippen LogP contribution >= 0.6 is 0 Å². The fourth-order valence-corrected chi connectivity index (χ4v) is 2.08. The summed E-state index contributed by atoms with van der Waals surface area (Å²) >= 11 is 0. The number of aromatic amines is 1. The molecule has 2 heterocycles. The molecule has 3 rings (SSSR count). The summed E-state index contributed by atoms with van der Waals surface area (Å²) in [5.74, 6) is 1.10. The van der Waals surface area contributed by atoms with Crippen LogP contribution in [0.2, 0.25) is 0 Å². The van der Waals surface area contributed by atoms with Crippen LogP contribution in [0.1, 0.15) is 18.4 Å². The van der Waals surface area contributed by atoms with E-state index in [1.807, 2.05) is 6.07 Å². The maximum absolute atomic E-state index is 4.42. The van der Waals surface area contributed by atoms with Crippen molar-refractivity contribution in [2.75, 3.05) is 11.9 Å². The number of nitrogens with zero attached hydrogens (tertiary/aromatic N) is 2. The molecule has 0 spiro atoms. The smallest absolute Gasteiger partial charge is 0.101 e. The lowest BCUT2D eigenvalue weighted by molar-refractivity contribution is 0.951. The first kappa shape index (κ1) is 9.39. The molecule has 0 aliphatic carbocycles. The van der Waals surface area contributed by atoms with E-state index in [1.165, 1.54) is 5.56 Å². The van der Waals surface area contributed by atoms with Crippen LogP contribution in [0.25, 0.3) is 11.0 Å². The van der Waals surface area contributed by atoms with Gasteiger partial charge in [0.25, 0.3) is 0 Å². The number of imidazole rings is 1. The highest BCUT2D eigenvalue weighted by molar-refractivity contribution is 5.99. The van der Waals surface area contributed by atoms with Gasteiger partial charge in [-0.3, -0.25) is 4.99 Å². The van der Waals surface area contributed by atoms with Gasteiger partial charge in [0.1, 0.15) is 5.84 Å². The quantitative estimate of drug-likeness (QED) is 0.766. The first-order valence-electron chi connectivity index (χ1n) is 5.57. The number of hydrogen-bond acceptors (Lipinski definition) is 3. The second-order valence-electron chi connectivity index (χ2n) is 4.09. The molecule has 0 fully saturated rings. The first-order valence-corrected chi connectivity index (χ1v) is 5.57. The number of amidine groups is 1. The molecule has 0 saturated heterocycles. The van der Waals surface area contributed by atoms with Crippen molar-refractivity contribution in [3.63, 3.8) is 0 Å². The lowest BCUT2D eigenvalue weighted by Crippen LogP contribution is -2.09. The van der Waals surface area contributed by atoms with E-state index in [2.05, 4.69) is 33.3 Å². The Kier molecular flexibility index (Phi) is 2.13. The van der Waals surface area contributed by atoms with E-state index in [0.717, 1.165) is 41.9 Å². The van der Waals surface area contributed by atoms with Crippen molar-refractivity contribution in [2.45, 2.75) is 19.8 Å². The molecule has 2 N–H and O–H groups in total. The van der Waals surface area contributed by atoms with Crippen molar-refractivity contribution >= 4 is 22.6 Å². The molecule has 4 heteroatoms. The van der Waals surface area contributed by atoms with Crippen LogP contribution < -0.4 is 5.32 Å². The zero-order chi connectivity index (χ0) is 11.0. The van der Waals surface area contributed by atoms with Gasteiger partial charge in [-0.05, 0) is 25.5 Å². The molecule has 4 nitrogen and oxygen atoms in total. The molecule has 1 aromatic heterocycles. The van der Waals surface area contributed by atoms with Crippen LogP contribution in [0, 0.1) is 6.92 Å². The highest BCUT2D eigenvalue weighted by Gasteiger charge is 2.10. The molecule has 0 unspecified atom stereocenters. The highest BCUT2D eigenvalue weighted by atomic mass is 15.0. The fraction of sp³-hybridized carbons (Fsp3) is 0.333. The molecule has 0 saturated carbocycles. The predicted octanol–water partition coefficient (Wildman–Crippen LogP) is 2.48. The van der Waals surface area contributed by atoms with Crippen molar-refractivity contribution in [1.82, 2.24) is 9.97 Å². The van der Waals surface area contributed by atoms with Gasteiger partial charge in [-0.15, -0.1) is 0 Å². The first-order chi connectivity index (χ1) is 7.84. The molecule has 0 amide bonds. The lowest BCUT2D eigenvalue weighted by Gasteiger charge is -2.09. The number of benzene rings is 1. The Morgan fingerprint density at radius 2 is 2.31 bits per heavy atom. The van der Waals surface area contributed by atoms with E-state index in [-0.39, 0.29) is 0 Å². The molecule has 16 heavy (non-hydrogen) atoms.